The molecule has 1 heterocycles. The summed E-state index contributed by atoms with van der Waals surface area (Å²) in [4.78, 5) is 30.0. The summed E-state index contributed by atoms with van der Waals surface area (Å²) in [6, 6.07) is 0. The van der Waals surface area contributed by atoms with Gasteiger partial charge in [-0.1, -0.05) is 13.8 Å². The summed E-state index contributed by atoms with van der Waals surface area (Å²) < 4.78 is 6.01. The van der Waals surface area contributed by atoms with Crippen LogP contribution in [0.4, 0.5) is 0 Å². The molecule has 5 rings (SSSR count). The molecular weight excluding hydrogens is 400 g/mol. The van der Waals surface area contributed by atoms with E-state index in [-0.39, 0.29) is 17.5 Å². The lowest BCUT2D eigenvalue weighted by Gasteiger charge is -2.60. The van der Waals surface area contributed by atoms with Crippen molar-refractivity contribution in [3.8, 4) is 0 Å². The number of piperazine rings is 1. The van der Waals surface area contributed by atoms with Crippen LogP contribution in [0.15, 0.2) is 0 Å². The molecule has 5 nitrogen and oxygen atoms in total. The van der Waals surface area contributed by atoms with Crippen LogP contribution in [0, 0.1) is 34.5 Å². The fraction of sp³-hybridized carbons (Fsp3) is 0.926. The van der Waals surface area contributed by atoms with E-state index in [4.69, 9.17) is 4.74 Å². The van der Waals surface area contributed by atoms with E-state index >= 15 is 0 Å². The molecule has 5 heteroatoms. The molecule has 7 atom stereocenters. The molecule has 1 aliphatic heterocycles. The van der Waals surface area contributed by atoms with Crippen molar-refractivity contribution in [3.05, 3.63) is 0 Å². The van der Waals surface area contributed by atoms with Gasteiger partial charge < -0.3 is 14.5 Å². The largest absolute Gasteiger partial charge is 0.462 e. The smallest absolute Gasteiger partial charge is 0.307 e. The maximum Gasteiger partial charge on any atom is 0.307 e. The highest BCUT2D eigenvalue weighted by Crippen LogP contribution is 2.65. The van der Waals surface area contributed by atoms with Gasteiger partial charge in [0.2, 0.25) is 0 Å². The highest BCUT2D eigenvalue weighted by Gasteiger charge is 2.60. The van der Waals surface area contributed by atoms with Crippen molar-refractivity contribution in [1.82, 2.24) is 9.80 Å². The maximum absolute atomic E-state index is 12.6. The number of ether oxygens (including phenoxy) is 1. The third-order valence-electron chi connectivity index (χ3n) is 10.9. The number of fused-ring (bicyclic) bond motifs is 5. The Morgan fingerprint density at radius 1 is 1.00 bits per heavy atom. The van der Waals surface area contributed by atoms with Gasteiger partial charge in [-0.15, -0.1) is 0 Å². The zero-order valence-electron chi connectivity index (χ0n) is 20.6. The number of esters is 1. The van der Waals surface area contributed by atoms with Crippen LogP contribution in [0.5, 0.6) is 0 Å². The van der Waals surface area contributed by atoms with Gasteiger partial charge in [0, 0.05) is 44.6 Å². The van der Waals surface area contributed by atoms with Crippen molar-refractivity contribution < 1.29 is 14.3 Å². The quantitative estimate of drug-likeness (QED) is 0.610. The Bertz CT molecular complexity index is 732. The number of hydrogen-bond acceptors (Lipinski definition) is 5. The van der Waals surface area contributed by atoms with Gasteiger partial charge in [-0.3, -0.25) is 9.59 Å². The van der Waals surface area contributed by atoms with Crippen LogP contribution in [0.2, 0.25) is 0 Å². The summed E-state index contributed by atoms with van der Waals surface area (Å²) >= 11 is 0. The molecule has 0 aromatic rings. The fourth-order valence-corrected chi connectivity index (χ4v) is 8.66. The average molecular weight is 445 g/mol. The van der Waals surface area contributed by atoms with Crippen molar-refractivity contribution in [3.63, 3.8) is 0 Å². The van der Waals surface area contributed by atoms with E-state index in [1.165, 1.54) is 25.7 Å². The molecule has 0 amide bonds. The first kappa shape index (κ1) is 22.8. The summed E-state index contributed by atoms with van der Waals surface area (Å²) in [5.74, 6) is 3.35. The zero-order chi connectivity index (χ0) is 22.5. The van der Waals surface area contributed by atoms with Gasteiger partial charge in [-0.2, -0.15) is 0 Å². The van der Waals surface area contributed by atoms with E-state index in [0.29, 0.717) is 29.5 Å². The SMILES string of the molecule is CN1CCN(CCC(=O)O[C@H]2CC[C@@]3(C)[C@@H](CC[C@@H]4[C@@H]3CC[C@]3(C)C(=O)CC[C@@H]43)C2)CC1. The minimum absolute atomic E-state index is 0.00381. The number of nitrogens with zero attached hydrogens (tertiary/aromatic N) is 2. The Kier molecular flexibility index (Phi) is 6.20. The summed E-state index contributed by atoms with van der Waals surface area (Å²) in [6.45, 7) is 9.95. The van der Waals surface area contributed by atoms with Crippen molar-refractivity contribution in [2.24, 2.45) is 34.5 Å². The first-order valence-corrected chi connectivity index (χ1v) is 13.4. The average Bonchev–Trinajstić information content (AvgIpc) is 3.08. The predicted molar refractivity (Wildman–Crippen MR) is 125 cm³/mol. The molecule has 32 heavy (non-hydrogen) atoms. The second kappa shape index (κ2) is 8.69. The van der Waals surface area contributed by atoms with Gasteiger partial charge in [0.15, 0.2) is 0 Å². The fourth-order valence-electron chi connectivity index (χ4n) is 8.66. The van der Waals surface area contributed by atoms with Gasteiger partial charge in [-0.25, -0.2) is 0 Å². The van der Waals surface area contributed by atoms with E-state index in [1.54, 1.807) is 0 Å². The summed E-state index contributed by atoms with van der Waals surface area (Å²) in [7, 11) is 2.16. The predicted octanol–water partition coefficient (Wildman–Crippen LogP) is 4.15. The molecule has 0 spiro atoms. The Hall–Kier alpha value is -0.940. The molecule has 0 N–H and O–H groups in total. The van der Waals surface area contributed by atoms with Crippen molar-refractivity contribution >= 4 is 11.8 Å². The number of ketones is 1. The zero-order valence-corrected chi connectivity index (χ0v) is 20.6. The third kappa shape index (κ3) is 3.96. The standard InChI is InChI=1S/C27H44N2O3/c1-26-11-8-20(32-25(31)10-13-29-16-14-28(3)15-17-29)18-19(26)4-5-21-22-6-7-24(30)27(22,2)12-9-23(21)26/h19-23H,4-18H2,1-3H3/t19-,20-,21-,22-,23-,26-,27-/m0/s1. The van der Waals surface area contributed by atoms with Crippen molar-refractivity contribution in [2.45, 2.75) is 84.2 Å². The maximum atomic E-state index is 12.6. The number of rotatable bonds is 4. The van der Waals surface area contributed by atoms with E-state index in [9.17, 15) is 9.59 Å². The van der Waals surface area contributed by atoms with Gasteiger partial charge in [-0.05, 0) is 87.5 Å². The highest BCUT2D eigenvalue weighted by atomic mass is 16.5. The van der Waals surface area contributed by atoms with E-state index in [1.807, 2.05) is 0 Å². The molecule has 0 unspecified atom stereocenters. The van der Waals surface area contributed by atoms with Crippen LogP contribution in [0.3, 0.4) is 0 Å². The second-order valence-electron chi connectivity index (χ2n) is 12.4. The summed E-state index contributed by atoms with van der Waals surface area (Å²) in [5.41, 5.74) is 0.347. The van der Waals surface area contributed by atoms with Crippen LogP contribution in [0.25, 0.3) is 0 Å². The highest BCUT2D eigenvalue weighted by molar-refractivity contribution is 5.87. The van der Waals surface area contributed by atoms with Gasteiger partial charge in [0.05, 0.1) is 6.42 Å². The lowest BCUT2D eigenvalue weighted by Crippen LogP contribution is -2.54. The van der Waals surface area contributed by atoms with E-state index < -0.39 is 0 Å². The van der Waals surface area contributed by atoms with Crippen LogP contribution < -0.4 is 0 Å². The molecule has 0 aromatic carbocycles. The molecule has 1 saturated heterocycles. The third-order valence-corrected chi connectivity index (χ3v) is 10.9. The number of carbonyl (C=O) groups is 2. The van der Waals surface area contributed by atoms with Gasteiger partial charge >= 0.3 is 5.97 Å². The van der Waals surface area contributed by atoms with Gasteiger partial charge in [0.25, 0.3) is 0 Å². The molecule has 4 aliphatic carbocycles. The normalized spacial score (nSPS) is 45.1. The van der Waals surface area contributed by atoms with Crippen LogP contribution >= 0.6 is 0 Å². The molecule has 0 radical (unpaired) electrons. The first-order valence-electron chi connectivity index (χ1n) is 13.4. The van der Waals surface area contributed by atoms with Crippen LogP contribution in [0.1, 0.15) is 78.1 Å². The van der Waals surface area contributed by atoms with E-state index in [2.05, 4.69) is 30.7 Å². The number of hydrogen-bond donors (Lipinski definition) is 0. The van der Waals surface area contributed by atoms with Gasteiger partial charge in [0.1, 0.15) is 11.9 Å². The Morgan fingerprint density at radius 3 is 2.56 bits per heavy atom. The van der Waals surface area contributed by atoms with Crippen molar-refractivity contribution in [1.29, 1.82) is 0 Å². The lowest BCUT2D eigenvalue weighted by atomic mass is 9.45. The topological polar surface area (TPSA) is 49.9 Å². The number of Topliss-reactive ketones (excluding diaryl/α,β-unsaturated/α-hetero) is 1. The van der Waals surface area contributed by atoms with Crippen molar-refractivity contribution in [2.75, 3.05) is 39.8 Å². The molecule has 5 aliphatic rings. The summed E-state index contributed by atoms with van der Waals surface area (Å²) in [6.07, 6.45) is 10.7. The molecular formula is C27H44N2O3. The molecule has 0 bridgehead atoms. The van der Waals surface area contributed by atoms with Crippen LogP contribution in [-0.2, 0) is 14.3 Å². The Morgan fingerprint density at radius 2 is 1.78 bits per heavy atom. The monoisotopic (exact) mass is 444 g/mol. The van der Waals surface area contributed by atoms with Crippen LogP contribution in [-0.4, -0.2) is 67.4 Å². The van der Waals surface area contributed by atoms with E-state index in [0.717, 1.165) is 76.7 Å². The Balaban J connectivity index is 1.15. The molecule has 5 fully saturated rings. The minimum Gasteiger partial charge on any atom is -0.462 e. The first-order chi connectivity index (χ1) is 15.3. The number of likely N-dealkylation sites (N-methyl/N-ethyl adjacent to an activating group) is 1. The Labute approximate surface area is 194 Å². The molecule has 0 aromatic heterocycles. The molecule has 4 saturated carbocycles. The number of carbonyl (C=O) groups excluding carboxylic acids is 2. The lowest BCUT2D eigenvalue weighted by molar-refractivity contribution is -0.162. The summed E-state index contributed by atoms with van der Waals surface area (Å²) in [5, 5.41) is 0. The molecule has 180 valence electrons. The minimum atomic E-state index is -0.0269. The second-order valence-corrected chi connectivity index (χ2v) is 12.4.